The summed E-state index contributed by atoms with van der Waals surface area (Å²) in [6.45, 7) is 2.05. The fraction of sp³-hybridized carbons (Fsp3) is 1.00. The molecule has 0 amide bonds. The summed E-state index contributed by atoms with van der Waals surface area (Å²) in [7, 11) is -3.72. The molecule has 1 aliphatic heterocycles. The Balaban J connectivity index is 2.52. The second kappa shape index (κ2) is 6.10. The monoisotopic (exact) mass is 268 g/mol. The van der Waals surface area contributed by atoms with Gasteiger partial charge in [0.05, 0.1) is 12.4 Å². The van der Waals surface area contributed by atoms with Gasteiger partial charge in [0.25, 0.3) is 10.1 Å². The van der Waals surface area contributed by atoms with Gasteiger partial charge in [-0.15, -0.1) is 0 Å². The van der Waals surface area contributed by atoms with Gasteiger partial charge >= 0.3 is 0 Å². The summed E-state index contributed by atoms with van der Waals surface area (Å²) in [5, 5.41) is 19.3. The Labute approximate surface area is 102 Å². The van der Waals surface area contributed by atoms with Crippen LogP contribution in [0.2, 0.25) is 0 Å². The Morgan fingerprint density at radius 1 is 1.29 bits per heavy atom. The molecule has 0 spiro atoms. The normalized spacial score (nSPS) is 34.1. The molecule has 0 aromatic carbocycles. The first-order valence-electron chi connectivity index (χ1n) is 5.75. The van der Waals surface area contributed by atoms with E-state index >= 15 is 0 Å². The number of ether oxygens (including phenoxy) is 1. The third-order valence-corrected chi connectivity index (χ3v) is 3.26. The number of hydrogen-bond acceptors (Lipinski definition) is 6. The summed E-state index contributed by atoms with van der Waals surface area (Å²) in [5.74, 6) is 0. The topological polar surface area (TPSA) is 93.1 Å². The van der Waals surface area contributed by atoms with Gasteiger partial charge in [0.15, 0.2) is 12.4 Å². The van der Waals surface area contributed by atoms with Crippen molar-refractivity contribution in [1.82, 2.24) is 0 Å². The summed E-state index contributed by atoms with van der Waals surface area (Å²) in [6.07, 6.45) is 0.0423. The summed E-state index contributed by atoms with van der Waals surface area (Å²) in [5.41, 5.74) is 0. The van der Waals surface area contributed by atoms with Gasteiger partial charge in [-0.05, 0) is 6.42 Å². The highest BCUT2D eigenvalue weighted by Gasteiger charge is 2.45. The first kappa shape index (κ1) is 14.8. The number of aliphatic hydroxyl groups excluding tert-OH is 2. The van der Waals surface area contributed by atoms with Gasteiger partial charge in [-0.1, -0.05) is 26.2 Å². The lowest BCUT2D eigenvalue weighted by molar-refractivity contribution is -0.121. The molecule has 1 saturated heterocycles. The van der Waals surface area contributed by atoms with Gasteiger partial charge in [0.2, 0.25) is 0 Å². The molecule has 1 aliphatic rings. The van der Waals surface area contributed by atoms with E-state index in [4.69, 9.17) is 4.74 Å². The molecular weight excluding hydrogens is 248 g/mol. The van der Waals surface area contributed by atoms with Gasteiger partial charge in [-0.3, -0.25) is 4.18 Å². The van der Waals surface area contributed by atoms with Crippen LogP contribution >= 0.6 is 0 Å². The van der Waals surface area contributed by atoms with E-state index in [9.17, 15) is 18.6 Å². The Hall–Kier alpha value is -0.210. The predicted molar refractivity (Wildman–Crippen MR) is 60.7 cm³/mol. The van der Waals surface area contributed by atoms with Crippen LogP contribution in [0.1, 0.15) is 32.6 Å². The quantitative estimate of drug-likeness (QED) is 0.520. The van der Waals surface area contributed by atoms with Gasteiger partial charge in [-0.2, -0.15) is 8.42 Å². The van der Waals surface area contributed by atoms with E-state index in [1.54, 1.807) is 0 Å². The Bertz CT molecular complexity index is 328. The van der Waals surface area contributed by atoms with Crippen LogP contribution in [-0.4, -0.2) is 49.5 Å². The maximum atomic E-state index is 10.9. The van der Waals surface area contributed by atoms with Crippen LogP contribution in [0.3, 0.4) is 0 Å². The number of aliphatic hydroxyl groups is 2. The molecule has 1 fully saturated rings. The molecule has 17 heavy (non-hydrogen) atoms. The molecule has 1 heterocycles. The molecular formula is C10H20O6S. The summed E-state index contributed by atoms with van der Waals surface area (Å²) in [6, 6.07) is 0. The van der Waals surface area contributed by atoms with Crippen molar-refractivity contribution in [3.8, 4) is 0 Å². The Morgan fingerprint density at radius 2 is 1.94 bits per heavy atom. The summed E-state index contributed by atoms with van der Waals surface area (Å²) >= 11 is 0. The van der Waals surface area contributed by atoms with Crippen molar-refractivity contribution in [1.29, 1.82) is 0 Å². The van der Waals surface area contributed by atoms with Crippen molar-refractivity contribution in [2.24, 2.45) is 0 Å². The molecule has 102 valence electrons. The van der Waals surface area contributed by atoms with Crippen molar-refractivity contribution in [2.45, 2.75) is 57.2 Å². The van der Waals surface area contributed by atoms with Crippen molar-refractivity contribution in [2.75, 3.05) is 6.26 Å². The van der Waals surface area contributed by atoms with Crippen molar-refractivity contribution < 1.29 is 27.6 Å². The molecule has 7 heteroatoms. The minimum Gasteiger partial charge on any atom is -0.387 e. The fourth-order valence-corrected chi connectivity index (χ4v) is 2.47. The van der Waals surface area contributed by atoms with E-state index in [2.05, 4.69) is 11.1 Å². The van der Waals surface area contributed by atoms with Gasteiger partial charge in [-0.25, -0.2) is 0 Å². The third kappa shape index (κ3) is 4.51. The second-order valence-electron chi connectivity index (χ2n) is 4.32. The van der Waals surface area contributed by atoms with E-state index in [1.165, 1.54) is 0 Å². The molecule has 0 radical (unpaired) electrons. The first-order chi connectivity index (χ1) is 7.85. The van der Waals surface area contributed by atoms with Crippen LogP contribution in [0.5, 0.6) is 0 Å². The molecule has 1 rings (SSSR count). The van der Waals surface area contributed by atoms with Gasteiger partial charge < -0.3 is 14.9 Å². The Kier molecular flexibility index (Phi) is 5.33. The van der Waals surface area contributed by atoms with E-state index in [0.29, 0.717) is 6.42 Å². The van der Waals surface area contributed by atoms with Crippen LogP contribution in [0.15, 0.2) is 0 Å². The first-order valence-corrected chi connectivity index (χ1v) is 7.56. The summed E-state index contributed by atoms with van der Waals surface area (Å²) in [4.78, 5) is 0. The van der Waals surface area contributed by atoms with E-state index < -0.39 is 34.7 Å². The maximum absolute atomic E-state index is 10.9. The van der Waals surface area contributed by atoms with Crippen LogP contribution in [0.25, 0.3) is 0 Å². The smallest absolute Gasteiger partial charge is 0.264 e. The average Bonchev–Trinajstić information content (AvgIpc) is 2.45. The zero-order chi connectivity index (χ0) is 13.1. The molecule has 0 aromatic heterocycles. The molecule has 4 atom stereocenters. The molecule has 0 bridgehead atoms. The molecule has 2 unspecified atom stereocenters. The van der Waals surface area contributed by atoms with E-state index in [1.807, 2.05) is 0 Å². The largest absolute Gasteiger partial charge is 0.387 e. The highest BCUT2D eigenvalue weighted by molar-refractivity contribution is 7.86. The third-order valence-electron chi connectivity index (χ3n) is 2.69. The van der Waals surface area contributed by atoms with Gasteiger partial charge in [0, 0.05) is 0 Å². The molecule has 0 aliphatic carbocycles. The van der Waals surface area contributed by atoms with Gasteiger partial charge in [0.1, 0.15) is 6.10 Å². The molecule has 2 N–H and O–H groups in total. The molecule has 6 nitrogen and oxygen atoms in total. The number of unbranched alkanes of at least 4 members (excludes halogenated alkanes) is 2. The fourth-order valence-electron chi connectivity index (χ4n) is 1.86. The molecule has 0 aromatic rings. The number of rotatable bonds is 6. The average molecular weight is 268 g/mol. The maximum Gasteiger partial charge on any atom is 0.264 e. The lowest BCUT2D eigenvalue weighted by Gasteiger charge is -2.16. The zero-order valence-corrected chi connectivity index (χ0v) is 10.9. The van der Waals surface area contributed by atoms with Crippen LogP contribution < -0.4 is 0 Å². The predicted octanol–water partition coefficient (Wildman–Crippen LogP) is -0.0104. The van der Waals surface area contributed by atoms with Crippen molar-refractivity contribution in [3.63, 3.8) is 0 Å². The SMILES string of the molecule is CCCCCC1OC(O)[C@H](OS(C)(=O)=O)[C@@H]1O. The summed E-state index contributed by atoms with van der Waals surface area (Å²) < 4.78 is 31.6. The highest BCUT2D eigenvalue weighted by Crippen LogP contribution is 2.27. The lowest BCUT2D eigenvalue weighted by atomic mass is 10.0. The van der Waals surface area contributed by atoms with Crippen LogP contribution in [0, 0.1) is 0 Å². The highest BCUT2D eigenvalue weighted by atomic mass is 32.2. The van der Waals surface area contributed by atoms with E-state index in [-0.39, 0.29) is 0 Å². The standard InChI is InChI=1S/C10H20O6S/c1-3-4-5-6-7-8(11)9(10(12)15-7)16-17(2,13)14/h7-12H,3-6H2,1-2H3/t7?,8-,9-,10?/m1/s1. The van der Waals surface area contributed by atoms with Crippen LogP contribution in [-0.2, 0) is 19.0 Å². The Morgan fingerprint density at radius 3 is 2.47 bits per heavy atom. The van der Waals surface area contributed by atoms with Crippen molar-refractivity contribution in [3.05, 3.63) is 0 Å². The van der Waals surface area contributed by atoms with E-state index in [0.717, 1.165) is 25.5 Å². The molecule has 0 saturated carbocycles. The lowest BCUT2D eigenvalue weighted by Crippen LogP contribution is -2.36. The minimum atomic E-state index is -3.72. The van der Waals surface area contributed by atoms with Crippen LogP contribution in [0.4, 0.5) is 0 Å². The zero-order valence-electron chi connectivity index (χ0n) is 10.1. The van der Waals surface area contributed by atoms with Crippen molar-refractivity contribution >= 4 is 10.1 Å². The number of hydrogen-bond donors (Lipinski definition) is 2. The minimum absolute atomic E-state index is 0.566. The second-order valence-corrected chi connectivity index (χ2v) is 5.92.